The number of hydrogen-bond acceptors (Lipinski definition) is 5. The Morgan fingerprint density at radius 1 is 1.45 bits per heavy atom. The molecule has 1 aromatic rings. The van der Waals surface area contributed by atoms with Crippen molar-refractivity contribution in [1.29, 1.82) is 0 Å². The summed E-state index contributed by atoms with van der Waals surface area (Å²) in [5.74, 6) is 0.333. The molecule has 1 aliphatic rings. The molecule has 0 spiro atoms. The number of pyridine rings is 1. The second-order valence-electron chi connectivity index (χ2n) is 5.50. The average Bonchev–Trinajstić information content (AvgIpc) is 2.87. The molecular weight excluding hydrogens is 284 g/mol. The summed E-state index contributed by atoms with van der Waals surface area (Å²) in [4.78, 5) is 29.3. The molecule has 0 bridgehead atoms. The van der Waals surface area contributed by atoms with Crippen molar-refractivity contribution >= 4 is 17.6 Å². The summed E-state index contributed by atoms with van der Waals surface area (Å²) < 4.78 is 5.30. The highest BCUT2D eigenvalue weighted by molar-refractivity contribution is 5.87. The number of aromatic nitrogens is 1. The lowest BCUT2D eigenvalue weighted by atomic mass is 10.2. The van der Waals surface area contributed by atoms with Gasteiger partial charge in [0, 0.05) is 33.3 Å². The van der Waals surface area contributed by atoms with E-state index in [1.165, 1.54) is 6.92 Å². The van der Waals surface area contributed by atoms with Crippen LogP contribution in [0, 0.1) is 0 Å². The van der Waals surface area contributed by atoms with E-state index in [-0.39, 0.29) is 24.0 Å². The van der Waals surface area contributed by atoms with Crippen LogP contribution in [0.1, 0.15) is 18.9 Å². The van der Waals surface area contributed by atoms with Gasteiger partial charge in [-0.25, -0.2) is 4.98 Å². The highest BCUT2D eigenvalue weighted by Crippen LogP contribution is 2.18. The third kappa shape index (κ3) is 4.25. The van der Waals surface area contributed by atoms with Gasteiger partial charge in [0.15, 0.2) is 0 Å². The van der Waals surface area contributed by atoms with Crippen molar-refractivity contribution in [3.63, 3.8) is 0 Å². The predicted octanol–water partition coefficient (Wildman–Crippen LogP) is 0.375. The Kier molecular flexibility index (Phi) is 5.46. The minimum atomic E-state index is -0.162. The summed E-state index contributed by atoms with van der Waals surface area (Å²) in [5, 5.41) is 5.51. The minimum absolute atomic E-state index is 0.00649. The largest absolute Gasteiger partial charge is 0.380 e. The average molecular weight is 306 g/mol. The van der Waals surface area contributed by atoms with Crippen LogP contribution in [0.2, 0.25) is 0 Å². The van der Waals surface area contributed by atoms with Gasteiger partial charge in [-0.05, 0) is 25.1 Å². The molecule has 0 radical (unpaired) electrons. The first kappa shape index (κ1) is 16.4. The lowest BCUT2D eigenvalue weighted by Gasteiger charge is -2.18. The van der Waals surface area contributed by atoms with Gasteiger partial charge in [-0.15, -0.1) is 0 Å². The second kappa shape index (κ2) is 7.33. The number of ether oxygens (including phenoxy) is 1. The Labute approximate surface area is 130 Å². The molecule has 0 aromatic carbocycles. The first-order valence-electron chi connectivity index (χ1n) is 7.23. The molecule has 1 saturated heterocycles. The van der Waals surface area contributed by atoms with Crippen LogP contribution in [-0.2, 0) is 20.9 Å². The molecular formula is C15H22N4O3. The van der Waals surface area contributed by atoms with Crippen LogP contribution in [0.4, 0.5) is 5.82 Å². The van der Waals surface area contributed by atoms with Crippen LogP contribution < -0.4 is 10.6 Å². The topological polar surface area (TPSA) is 83.6 Å². The van der Waals surface area contributed by atoms with Gasteiger partial charge in [0.1, 0.15) is 5.82 Å². The summed E-state index contributed by atoms with van der Waals surface area (Å²) in [7, 11) is 3.59. The second-order valence-corrected chi connectivity index (χ2v) is 5.50. The third-order valence-corrected chi connectivity index (χ3v) is 3.74. The van der Waals surface area contributed by atoms with Gasteiger partial charge >= 0.3 is 0 Å². The van der Waals surface area contributed by atoms with Gasteiger partial charge in [-0.1, -0.05) is 6.07 Å². The first-order chi connectivity index (χ1) is 10.5. The number of hydrogen-bond donors (Lipinski definition) is 2. The zero-order chi connectivity index (χ0) is 16.1. The van der Waals surface area contributed by atoms with Crippen LogP contribution in [0.25, 0.3) is 0 Å². The van der Waals surface area contributed by atoms with Crippen molar-refractivity contribution in [3.05, 3.63) is 23.9 Å². The monoisotopic (exact) mass is 306 g/mol. The lowest BCUT2D eigenvalue weighted by Crippen LogP contribution is -2.41. The Morgan fingerprint density at radius 2 is 2.23 bits per heavy atom. The van der Waals surface area contributed by atoms with Crippen LogP contribution >= 0.6 is 0 Å². The number of nitrogens with one attached hydrogen (secondary N) is 2. The van der Waals surface area contributed by atoms with E-state index in [9.17, 15) is 9.59 Å². The minimum Gasteiger partial charge on any atom is -0.380 e. The van der Waals surface area contributed by atoms with Crippen molar-refractivity contribution in [1.82, 2.24) is 15.2 Å². The number of methoxy groups -OCH3 is 1. The molecule has 1 aromatic heterocycles. The molecule has 0 saturated carbocycles. The normalized spacial score (nSPS) is 21.6. The fraction of sp³-hybridized carbons (Fsp3) is 0.533. The summed E-state index contributed by atoms with van der Waals surface area (Å²) in [5.41, 5.74) is 0.881. The predicted molar refractivity (Wildman–Crippen MR) is 82.2 cm³/mol. The van der Waals surface area contributed by atoms with E-state index in [4.69, 9.17) is 4.74 Å². The Balaban J connectivity index is 1.84. The van der Waals surface area contributed by atoms with Gasteiger partial charge in [0.05, 0.1) is 12.1 Å². The smallest absolute Gasteiger partial charge is 0.237 e. The number of rotatable bonds is 5. The fourth-order valence-electron chi connectivity index (χ4n) is 2.52. The maximum Gasteiger partial charge on any atom is 0.237 e. The van der Waals surface area contributed by atoms with E-state index in [0.717, 1.165) is 12.1 Å². The number of amides is 2. The van der Waals surface area contributed by atoms with E-state index in [1.807, 2.05) is 18.0 Å². The summed E-state index contributed by atoms with van der Waals surface area (Å²) in [6, 6.07) is 3.39. The lowest BCUT2D eigenvalue weighted by molar-refractivity contribution is -0.125. The first-order valence-corrected chi connectivity index (χ1v) is 7.23. The van der Waals surface area contributed by atoms with E-state index in [1.54, 1.807) is 19.4 Å². The maximum absolute atomic E-state index is 12.2. The number of carbonyl (C=O) groups excluding carboxylic acids is 2. The van der Waals surface area contributed by atoms with Gasteiger partial charge in [-0.2, -0.15) is 0 Å². The molecule has 22 heavy (non-hydrogen) atoms. The van der Waals surface area contributed by atoms with E-state index in [0.29, 0.717) is 18.8 Å². The Morgan fingerprint density at radius 3 is 2.77 bits per heavy atom. The molecule has 0 unspecified atom stereocenters. The van der Waals surface area contributed by atoms with Gasteiger partial charge < -0.3 is 15.4 Å². The molecule has 2 heterocycles. The summed E-state index contributed by atoms with van der Waals surface area (Å²) in [6.07, 6.45) is 2.46. The third-order valence-electron chi connectivity index (χ3n) is 3.74. The summed E-state index contributed by atoms with van der Waals surface area (Å²) in [6.45, 7) is 2.61. The van der Waals surface area contributed by atoms with Crippen molar-refractivity contribution in [2.24, 2.45) is 0 Å². The quantitative estimate of drug-likeness (QED) is 0.821. The number of likely N-dealkylation sites (N-methyl/N-ethyl adjacent to an activating group) is 1. The van der Waals surface area contributed by atoms with Crippen molar-refractivity contribution in [3.8, 4) is 0 Å². The van der Waals surface area contributed by atoms with Crippen molar-refractivity contribution < 1.29 is 14.3 Å². The molecule has 1 aliphatic heterocycles. The molecule has 2 atom stereocenters. The Hall–Kier alpha value is -1.99. The van der Waals surface area contributed by atoms with E-state index >= 15 is 0 Å². The van der Waals surface area contributed by atoms with Crippen molar-refractivity contribution in [2.75, 3.05) is 26.0 Å². The zero-order valence-electron chi connectivity index (χ0n) is 13.1. The van der Waals surface area contributed by atoms with Crippen LogP contribution in [0.3, 0.4) is 0 Å². The molecule has 2 amide bonds. The highest BCUT2D eigenvalue weighted by atomic mass is 16.5. The molecule has 120 valence electrons. The molecule has 2 rings (SSSR count). The van der Waals surface area contributed by atoms with Crippen LogP contribution in [0.5, 0.6) is 0 Å². The summed E-state index contributed by atoms with van der Waals surface area (Å²) >= 11 is 0. The highest BCUT2D eigenvalue weighted by Gasteiger charge is 2.34. The molecule has 7 heteroatoms. The van der Waals surface area contributed by atoms with Gasteiger partial charge in [0.25, 0.3) is 0 Å². The van der Waals surface area contributed by atoms with Crippen LogP contribution in [0.15, 0.2) is 18.3 Å². The van der Waals surface area contributed by atoms with Gasteiger partial charge in [0.2, 0.25) is 11.8 Å². The van der Waals surface area contributed by atoms with E-state index in [2.05, 4.69) is 15.6 Å². The number of nitrogens with zero attached hydrogens (tertiary/aromatic N) is 2. The molecule has 7 nitrogen and oxygen atoms in total. The number of carbonyl (C=O) groups is 2. The van der Waals surface area contributed by atoms with Crippen LogP contribution in [-0.4, -0.2) is 54.5 Å². The standard InChI is InChI=1S/C15H22N4O3/c1-10(20)18-14-5-4-11(7-16-14)8-17-15(21)13-6-12(22-3)9-19(13)2/h4-5,7,12-13H,6,8-9H2,1-3H3,(H,17,21)(H,16,18,20)/t12-,13-/m0/s1. The molecule has 2 N–H and O–H groups in total. The van der Waals surface area contributed by atoms with Crippen molar-refractivity contribution in [2.45, 2.75) is 32.0 Å². The number of anilines is 1. The zero-order valence-corrected chi connectivity index (χ0v) is 13.1. The maximum atomic E-state index is 12.2. The van der Waals surface area contributed by atoms with Gasteiger partial charge in [-0.3, -0.25) is 14.5 Å². The Bertz CT molecular complexity index is 532. The number of likely N-dealkylation sites (tertiary alicyclic amines) is 1. The van der Waals surface area contributed by atoms with E-state index < -0.39 is 0 Å². The molecule has 0 aliphatic carbocycles. The fourth-order valence-corrected chi connectivity index (χ4v) is 2.52. The molecule has 1 fully saturated rings. The SMILES string of the molecule is CO[C@H]1C[C@@H](C(=O)NCc2ccc(NC(C)=O)nc2)N(C)C1.